The highest BCUT2D eigenvalue weighted by atomic mass is 35.5. The Kier molecular flexibility index (Phi) is 4.47. The van der Waals surface area contributed by atoms with Crippen molar-refractivity contribution in [1.29, 1.82) is 0 Å². The van der Waals surface area contributed by atoms with E-state index in [0.29, 0.717) is 5.56 Å². The van der Waals surface area contributed by atoms with Crippen LogP contribution in [0, 0.1) is 0 Å². The topological polar surface area (TPSA) is 9.23 Å². The van der Waals surface area contributed by atoms with Crippen LogP contribution in [-0.2, 0) is 0 Å². The second-order valence-corrected chi connectivity index (χ2v) is 7.40. The van der Waals surface area contributed by atoms with Crippen LogP contribution in [-0.4, -0.2) is 11.4 Å². The molecule has 2 aromatic carbocycles. The molecule has 3 rings (SSSR count). The van der Waals surface area contributed by atoms with E-state index < -0.39 is 10.8 Å². The van der Waals surface area contributed by atoms with E-state index in [1.807, 2.05) is 24.3 Å². The van der Waals surface area contributed by atoms with Crippen molar-refractivity contribution in [2.24, 2.45) is 0 Å². The van der Waals surface area contributed by atoms with E-state index in [1.165, 1.54) is 12.1 Å². The normalized spacial score (nSPS) is 22.2. The average molecular weight is 378 g/mol. The van der Waals surface area contributed by atoms with Crippen molar-refractivity contribution in [1.82, 2.24) is 0 Å². The van der Waals surface area contributed by atoms with Gasteiger partial charge in [0.25, 0.3) is 6.43 Å². The lowest BCUT2D eigenvalue weighted by Crippen LogP contribution is -1.93. The minimum atomic E-state index is -2.59. The smallest absolute Gasteiger partial charge is 0.263 e. The lowest BCUT2D eigenvalue weighted by atomic mass is 10.0. The molecule has 0 N–H and O–H groups in total. The average Bonchev–Trinajstić information content (AvgIpc) is 3.09. The molecule has 1 fully saturated rings. The van der Waals surface area contributed by atoms with Crippen LogP contribution >= 0.6 is 34.8 Å². The van der Waals surface area contributed by atoms with Gasteiger partial charge in [0.15, 0.2) is 0 Å². The molecule has 0 saturated heterocycles. The summed E-state index contributed by atoms with van der Waals surface area (Å²) in [4.78, 5) is 0. The third-order valence-corrected chi connectivity index (χ3v) is 5.24. The molecule has 1 aliphatic carbocycles. The Bertz CT molecular complexity index is 716. The summed E-state index contributed by atoms with van der Waals surface area (Å²) in [5.41, 5.74) is 1.43. The Balaban J connectivity index is 1.94. The van der Waals surface area contributed by atoms with Crippen LogP contribution in [0.2, 0.25) is 5.02 Å². The fourth-order valence-electron chi connectivity index (χ4n) is 2.91. The number of benzene rings is 2. The highest BCUT2D eigenvalue weighted by Gasteiger charge is 2.64. The highest BCUT2D eigenvalue weighted by Crippen LogP contribution is 2.70. The van der Waals surface area contributed by atoms with E-state index in [2.05, 4.69) is 0 Å². The van der Waals surface area contributed by atoms with Gasteiger partial charge in [-0.1, -0.05) is 23.7 Å². The first-order valence-corrected chi connectivity index (χ1v) is 8.08. The van der Waals surface area contributed by atoms with E-state index in [9.17, 15) is 8.78 Å². The summed E-state index contributed by atoms with van der Waals surface area (Å²) >= 11 is 18.8. The van der Waals surface area contributed by atoms with E-state index >= 15 is 0 Å². The van der Waals surface area contributed by atoms with Crippen molar-refractivity contribution in [3.63, 3.8) is 0 Å². The highest BCUT2D eigenvalue weighted by molar-refractivity contribution is 6.52. The maximum Gasteiger partial charge on any atom is 0.263 e. The monoisotopic (exact) mass is 376 g/mol. The molecule has 122 valence electrons. The van der Waals surface area contributed by atoms with Gasteiger partial charge in [-0.25, -0.2) is 8.78 Å². The second kappa shape index (κ2) is 6.12. The zero-order valence-corrected chi connectivity index (χ0v) is 14.3. The Labute approximate surface area is 148 Å². The van der Waals surface area contributed by atoms with Crippen molar-refractivity contribution < 1.29 is 13.5 Å². The van der Waals surface area contributed by atoms with Crippen LogP contribution in [0.15, 0.2) is 42.5 Å². The molecule has 0 aliphatic heterocycles. The summed E-state index contributed by atoms with van der Waals surface area (Å²) < 4.78 is 30.0. The number of halogens is 5. The van der Waals surface area contributed by atoms with Gasteiger partial charge in [0.2, 0.25) is 0 Å². The number of ether oxygens (including phenoxy) is 1. The van der Waals surface area contributed by atoms with Gasteiger partial charge in [-0.3, -0.25) is 0 Å². The van der Waals surface area contributed by atoms with Crippen molar-refractivity contribution >= 4 is 34.8 Å². The summed E-state index contributed by atoms with van der Waals surface area (Å²) in [5, 5.41) is 0.252. The standard InChI is InChI=1S/C17H13Cl3F2O/c1-23-13-4-2-9(3-5-13)14-15(17(14,19)20)10-6-11(16(21)22)8-12(18)7-10/h2-8,14-16H,1H3. The first kappa shape index (κ1) is 16.8. The molecule has 0 aromatic heterocycles. The molecule has 0 heterocycles. The SMILES string of the molecule is COc1ccc(C2C(c3cc(Cl)cc(C(F)F)c3)C2(Cl)Cl)cc1. The quantitative estimate of drug-likeness (QED) is 0.565. The summed E-state index contributed by atoms with van der Waals surface area (Å²) in [6, 6.07) is 11.7. The Morgan fingerprint density at radius 2 is 1.61 bits per heavy atom. The second-order valence-electron chi connectivity index (χ2n) is 5.52. The summed E-state index contributed by atoms with van der Waals surface area (Å²) in [6.07, 6.45) is -2.59. The van der Waals surface area contributed by atoms with Gasteiger partial charge < -0.3 is 4.74 Å². The van der Waals surface area contributed by atoms with E-state index in [4.69, 9.17) is 39.5 Å². The van der Waals surface area contributed by atoms with Crippen LogP contribution in [0.5, 0.6) is 5.75 Å². The maximum atomic E-state index is 13.0. The minimum absolute atomic E-state index is 0.128. The maximum absolute atomic E-state index is 13.0. The molecule has 6 heteroatoms. The third kappa shape index (κ3) is 3.15. The number of methoxy groups -OCH3 is 1. The van der Waals surface area contributed by atoms with Gasteiger partial charge in [0.05, 0.1) is 7.11 Å². The number of alkyl halides is 4. The van der Waals surface area contributed by atoms with Gasteiger partial charge in [0, 0.05) is 22.4 Å². The zero-order valence-electron chi connectivity index (χ0n) is 12.1. The third-order valence-electron chi connectivity index (χ3n) is 4.08. The molecular formula is C17H13Cl3F2O. The first-order chi connectivity index (χ1) is 10.8. The number of rotatable bonds is 4. The lowest BCUT2D eigenvalue weighted by Gasteiger charge is -2.06. The molecule has 0 spiro atoms. The molecule has 1 saturated carbocycles. The lowest BCUT2D eigenvalue weighted by molar-refractivity contribution is 0.151. The van der Waals surface area contributed by atoms with Crippen molar-refractivity contribution in [3.05, 3.63) is 64.2 Å². The molecule has 23 heavy (non-hydrogen) atoms. The molecule has 1 aliphatic rings. The number of hydrogen-bond donors (Lipinski definition) is 0. The van der Waals surface area contributed by atoms with E-state index in [0.717, 1.165) is 11.3 Å². The van der Waals surface area contributed by atoms with Gasteiger partial charge >= 0.3 is 0 Å². The molecule has 2 unspecified atom stereocenters. The largest absolute Gasteiger partial charge is 0.497 e. The first-order valence-electron chi connectivity index (χ1n) is 6.95. The number of hydrogen-bond acceptors (Lipinski definition) is 1. The molecular weight excluding hydrogens is 365 g/mol. The van der Waals surface area contributed by atoms with E-state index in [1.54, 1.807) is 13.2 Å². The molecule has 2 atom stereocenters. The van der Waals surface area contributed by atoms with Crippen LogP contribution in [0.4, 0.5) is 8.78 Å². The Morgan fingerprint density at radius 1 is 1.00 bits per heavy atom. The fraction of sp³-hybridized carbons (Fsp3) is 0.294. The summed E-state index contributed by atoms with van der Waals surface area (Å²) in [5.74, 6) is 0.264. The van der Waals surface area contributed by atoms with Crippen molar-refractivity contribution in [3.8, 4) is 5.75 Å². The Hall–Kier alpha value is -1.03. The van der Waals surface area contributed by atoms with Crippen molar-refractivity contribution in [2.45, 2.75) is 22.6 Å². The molecule has 0 radical (unpaired) electrons. The predicted molar refractivity (Wildman–Crippen MR) is 89.3 cm³/mol. The predicted octanol–water partition coefficient (Wildman–Crippen LogP) is 6.34. The van der Waals surface area contributed by atoms with Gasteiger partial charge in [-0.2, -0.15) is 0 Å². The molecule has 2 aromatic rings. The zero-order chi connectivity index (χ0) is 16.8. The van der Waals surface area contributed by atoms with Crippen molar-refractivity contribution in [2.75, 3.05) is 7.11 Å². The van der Waals surface area contributed by atoms with Crippen LogP contribution in [0.1, 0.15) is 35.0 Å². The summed E-state index contributed by atoms with van der Waals surface area (Å²) in [7, 11) is 1.58. The van der Waals surface area contributed by atoms with Gasteiger partial charge in [0.1, 0.15) is 10.1 Å². The molecule has 0 amide bonds. The van der Waals surface area contributed by atoms with Gasteiger partial charge in [-0.05, 0) is 41.5 Å². The van der Waals surface area contributed by atoms with Crippen LogP contribution in [0.3, 0.4) is 0 Å². The summed E-state index contributed by atoms with van der Waals surface area (Å²) in [6.45, 7) is 0. The van der Waals surface area contributed by atoms with Crippen LogP contribution < -0.4 is 4.74 Å². The molecule has 1 nitrogen and oxygen atoms in total. The fourth-order valence-corrected chi connectivity index (χ4v) is 4.04. The Morgan fingerprint density at radius 3 is 2.17 bits per heavy atom. The van der Waals surface area contributed by atoms with Crippen LogP contribution in [0.25, 0.3) is 0 Å². The minimum Gasteiger partial charge on any atom is -0.497 e. The van der Waals surface area contributed by atoms with E-state index in [-0.39, 0.29) is 22.4 Å². The van der Waals surface area contributed by atoms with Gasteiger partial charge in [-0.15, -0.1) is 23.2 Å². The molecule has 0 bridgehead atoms.